The Bertz CT molecular complexity index is 147. The first-order valence-corrected chi connectivity index (χ1v) is 7.09. The molecule has 2 heteroatoms. The van der Waals surface area contributed by atoms with Crippen molar-refractivity contribution in [2.75, 3.05) is 12.3 Å². The maximum absolute atomic E-state index is 9.45. The molecule has 0 aromatic rings. The maximum Gasteiger partial charge on any atom is 0.0386 e. The van der Waals surface area contributed by atoms with Crippen molar-refractivity contribution in [3.8, 4) is 0 Å². The second-order valence-corrected chi connectivity index (χ2v) is 6.74. The Hall–Kier alpha value is 0.260. The van der Waals surface area contributed by atoms with Crippen LogP contribution in [0.25, 0.3) is 0 Å². The van der Waals surface area contributed by atoms with Crippen LogP contribution in [0.2, 0.25) is 0 Å². The minimum absolute atomic E-state index is 0.475. The molecule has 1 aliphatic rings. The van der Waals surface area contributed by atoms with Crippen LogP contribution in [0.4, 0.5) is 0 Å². The van der Waals surface area contributed by atoms with Gasteiger partial charge in [-0.3, -0.25) is 0 Å². The van der Waals surface area contributed by atoms with E-state index in [1.165, 1.54) is 50.8 Å². The van der Waals surface area contributed by atoms with E-state index >= 15 is 0 Å². The minimum atomic E-state index is -0.475. The Labute approximate surface area is 76.6 Å². The van der Waals surface area contributed by atoms with Crippen LogP contribution in [-0.2, 0) is 0 Å². The van der Waals surface area contributed by atoms with E-state index in [1.807, 2.05) is 6.92 Å². The molecule has 0 atom stereocenters. The summed E-state index contributed by atoms with van der Waals surface area (Å²) in [5, 5.41) is 9.45. The van der Waals surface area contributed by atoms with E-state index in [0.29, 0.717) is 0 Å². The van der Waals surface area contributed by atoms with Crippen molar-refractivity contribution in [2.24, 2.45) is 0 Å². The van der Waals surface area contributed by atoms with Crippen LogP contribution in [0.3, 0.4) is 0 Å². The van der Waals surface area contributed by atoms with Gasteiger partial charge in [0.25, 0.3) is 0 Å². The van der Waals surface area contributed by atoms with Gasteiger partial charge in [-0.2, -0.15) is 0 Å². The second-order valence-electron chi connectivity index (χ2n) is 3.81. The average molecular weight is 188 g/mol. The van der Waals surface area contributed by atoms with Crippen LogP contribution in [-0.4, -0.2) is 22.9 Å². The number of hydrogen-bond acceptors (Lipinski definition) is 0. The summed E-state index contributed by atoms with van der Waals surface area (Å²) in [6.45, 7) is 1.91. The quantitative estimate of drug-likeness (QED) is 0.579. The fourth-order valence-corrected chi connectivity index (χ4v) is 4.20. The van der Waals surface area contributed by atoms with Crippen molar-refractivity contribution in [3.05, 3.63) is 0 Å². The third-order valence-corrected chi connectivity index (χ3v) is 5.66. The van der Waals surface area contributed by atoms with E-state index in [1.54, 1.807) is 0 Å². The van der Waals surface area contributed by atoms with Crippen molar-refractivity contribution >= 4 is 13.0 Å². The highest BCUT2D eigenvalue weighted by atomic mass is 31.1. The molecule has 12 heavy (non-hydrogen) atoms. The molecule has 0 saturated carbocycles. The highest BCUT2D eigenvalue weighted by Gasteiger charge is 2.03. The molecular weight excluding hydrogens is 167 g/mol. The van der Waals surface area contributed by atoms with Crippen molar-refractivity contribution in [3.63, 3.8) is 0 Å². The lowest BCUT2D eigenvalue weighted by atomic mass is 10.1. The van der Waals surface area contributed by atoms with Gasteiger partial charge in [0, 0.05) is 5.48 Å². The van der Waals surface area contributed by atoms with Crippen LogP contribution in [0.5, 0.6) is 0 Å². The predicted octanol–water partition coefficient (Wildman–Crippen LogP) is 3.08. The summed E-state index contributed by atoms with van der Waals surface area (Å²) in [7, 11) is -0.475. The summed E-state index contributed by atoms with van der Waals surface area (Å²) in [6, 6.07) is 0. The smallest absolute Gasteiger partial charge is 0.0386 e. The molecule has 0 spiro atoms. The van der Waals surface area contributed by atoms with Gasteiger partial charge in [0.15, 0.2) is 0 Å². The molecule has 1 rings (SSSR count). The van der Waals surface area contributed by atoms with Crippen LogP contribution in [0, 0.1) is 0 Å². The summed E-state index contributed by atoms with van der Waals surface area (Å²) < 4.78 is 0. The maximum atomic E-state index is 9.45. The fourth-order valence-electron chi connectivity index (χ4n) is 1.87. The van der Waals surface area contributed by atoms with Crippen molar-refractivity contribution in [2.45, 2.75) is 45.4 Å². The van der Waals surface area contributed by atoms with Crippen LogP contribution < -0.4 is 0 Å². The lowest BCUT2D eigenvalue weighted by Crippen LogP contribution is -1.93. The highest BCUT2D eigenvalue weighted by Crippen LogP contribution is 2.30. The minimum Gasteiger partial charge on any atom is -0.366 e. The Morgan fingerprint density at radius 2 is 1.33 bits per heavy atom. The largest absolute Gasteiger partial charge is 0.366 e. The molecule has 1 aliphatic heterocycles. The van der Waals surface area contributed by atoms with E-state index < -0.39 is 7.55 Å². The lowest BCUT2D eigenvalue weighted by molar-refractivity contribution is 0.563. The molecule has 1 saturated heterocycles. The molecule has 1 N–H and O–H groups in total. The van der Waals surface area contributed by atoms with Crippen LogP contribution in [0.15, 0.2) is 0 Å². The second kappa shape index (κ2) is 5.83. The third-order valence-electron chi connectivity index (χ3n) is 2.72. The van der Waals surface area contributed by atoms with Gasteiger partial charge in [-0.05, 0) is 32.1 Å². The van der Waals surface area contributed by atoms with Gasteiger partial charge >= 0.3 is 0 Å². The summed E-state index contributed by atoms with van der Waals surface area (Å²) in [5.74, 6) is 0. The van der Waals surface area contributed by atoms with E-state index in [9.17, 15) is 5.11 Å². The van der Waals surface area contributed by atoms with Gasteiger partial charge in [-0.25, -0.2) is 0 Å². The molecule has 0 unspecified atom stereocenters. The normalized spacial score (nSPS) is 22.5. The molecule has 0 aliphatic carbocycles. The third kappa shape index (κ3) is 3.78. The Morgan fingerprint density at radius 1 is 0.917 bits per heavy atom. The van der Waals surface area contributed by atoms with Crippen molar-refractivity contribution in [1.29, 1.82) is 0 Å². The van der Waals surface area contributed by atoms with Gasteiger partial charge in [0.05, 0.1) is 0 Å². The summed E-state index contributed by atoms with van der Waals surface area (Å²) in [5.41, 5.74) is 0.766. The summed E-state index contributed by atoms with van der Waals surface area (Å²) in [4.78, 5) is 0. The summed E-state index contributed by atoms with van der Waals surface area (Å²) in [6.07, 6.45) is 10.9. The van der Waals surface area contributed by atoms with E-state index in [-0.39, 0.29) is 0 Å². The van der Waals surface area contributed by atoms with E-state index in [0.717, 1.165) is 5.48 Å². The van der Waals surface area contributed by atoms with Crippen LogP contribution >= 0.6 is 7.55 Å². The molecule has 1 nitrogen and oxygen atoms in total. The average Bonchev–Trinajstić information content (AvgIpc) is 2.15. The van der Waals surface area contributed by atoms with Gasteiger partial charge in [-0.1, -0.05) is 33.2 Å². The fraction of sp³-hybridized carbons (Fsp3) is 0.900. The summed E-state index contributed by atoms with van der Waals surface area (Å²) >= 11 is 0. The van der Waals surface area contributed by atoms with E-state index in [2.05, 4.69) is 0 Å². The van der Waals surface area contributed by atoms with Crippen molar-refractivity contribution < 1.29 is 5.11 Å². The topological polar surface area (TPSA) is 20.2 Å². The molecule has 1 heterocycles. The van der Waals surface area contributed by atoms with Gasteiger partial charge in [-0.15, -0.1) is 0 Å². The Balaban J connectivity index is 2.45. The molecule has 0 radical (unpaired) electrons. The Kier molecular flexibility index (Phi) is 5.02. The zero-order valence-electron chi connectivity index (χ0n) is 8.10. The molecule has 0 aromatic carbocycles. The number of hydrogen-bond donors (Lipinski definition) is 1. The van der Waals surface area contributed by atoms with E-state index in [4.69, 9.17) is 0 Å². The van der Waals surface area contributed by atoms with Crippen molar-refractivity contribution in [1.82, 2.24) is 0 Å². The van der Waals surface area contributed by atoms with Gasteiger partial charge in [0.1, 0.15) is 0 Å². The standard InChI is InChI=1S/C10H21OP/c1-10(11)12-8-6-4-2-3-5-7-9-12/h11-12H,2-9H2,1H3. The lowest BCUT2D eigenvalue weighted by Gasteiger charge is -2.07. The highest BCUT2D eigenvalue weighted by molar-refractivity contribution is 7.58. The SMILES string of the molecule is CC(O)=[PH]1CCCCCCCC1. The Morgan fingerprint density at radius 3 is 1.75 bits per heavy atom. The van der Waals surface area contributed by atoms with Gasteiger partial charge in [0.2, 0.25) is 0 Å². The first-order chi connectivity index (χ1) is 5.80. The zero-order chi connectivity index (χ0) is 8.81. The molecule has 0 bridgehead atoms. The van der Waals surface area contributed by atoms with Crippen LogP contribution in [0.1, 0.15) is 45.4 Å². The predicted molar refractivity (Wildman–Crippen MR) is 58.4 cm³/mol. The molecule has 0 amide bonds. The zero-order valence-corrected chi connectivity index (χ0v) is 9.10. The molecular formula is C10H21OP. The number of aliphatic hydroxyl groups is 1. The monoisotopic (exact) mass is 188 g/mol. The number of rotatable bonds is 0. The molecule has 0 aromatic heterocycles. The first kappa shape index (κ1) is 10.3. The molecule has 1 fully saturated rings. The van der Waals surface area contributed by atoms with Gasteiger partial charge < -0.3 is 5.11 Å². The number of aliphatic hydroxyl groups excluding tert-OH is 1. The molecule has 72 valence electrons. The first-order valence-electron chi connectivity index (χ1n) is 5.18.